The average molecular weight is 328 g/mol. The molecule has 2 unspecified atom stereocenters. The Balaban J connectivity index is 2.11. The molecule has 2 atom stereocenters. The molecule has 1 aromatic rings. The summed E-state index contributed by atoms with van der Waals surface area (Å²) in [7, 11) is -3.86. The van der Waals surface area contributed by atoms with E-state index in [1.165, 1.54) is 0 Å². The second-order valence-corrected chi connectivity index (χ2v) is 7.34. The highest BCUT2D eigenvalue weighted by Gasteiger charge is 2.35. The lowest BCUT2D eigenvalue weighted by molar-refractivity contribution is -0.218. The molecule has 22 heavy (non-hydrogen) atoms. The van der Waals surface area contributed by atoms with E-state index in [1.807, 2.05) is 13.8 Å². The SMILES string of the molecule is CCC(C)(OC1CCCOC1)OS(=O)(=O)c1ccc(C)cc1. The lowest BCUT2D eigenvalue weighted by atomic mass is 10.1. The maximum Gasteiger partial charge on any atom is 0.299 e. The van der Waals surface area contributed by atoms with E-state index in [4.69, 9.17) is 13.7 Å². The summed E-state index contributed by atoms with van der Waals surface area (Å²) in [5.74, 6) is -1.19. The normalized spacial score (nSPS) is 22.2. The molecule has 0 saturated carbocycles. The number of benzene rings is 1. The summed E-state index contributed by atoms with van der Waals surface area (Å²) in [6.07, 6.45) is 2.06. The Hall–Kier alpha value is -0.950. The molecule has 0 bridgehead atoms. The molecule has 1 aromatic carbocycles. The Morgan fingerprint density at radius 3 is 2.55 bits per heavy atom. The van der Waals surface area contributed by atoms with Crippen LogP contribution in [0.2, 0.25) is 0 Å². The molecule has 1 heterocycles. The lowest BCUT2D eigenvalue weighted by Crippen LogP contribution is -2.40. The number of ether oxygens (including phenoxy) is 2. The molecule has 0 radical (unpaired) electrons. The van der Waals surface area contributed by atoms with Crippen molar-refractivity contribution in [1.82, 2.24) is 0 Å². The van der Waals surface area contributed by atoms with Gasteiger partial charge in [-0.2, -0.15) is 8.42 Å². The van der Waals surface area contributed by atoms with Crippen molar-refractivity contribution in [3.63, 3.8) is 0 Å². The topological polar surface area (TPSA) is 61.8 Å². The highest BCUT2D eigenvalue weighted by molar-refractivity contribution is 7.86. The van der Waals surface area contributed by atoms with Crippen LogP contribution in [0.25, 0.3) is 0 Å². The van der Waals surface area contributed by atoms with Crippen LogP contribution in [0.3, 0.4) is 0 Å². The summed E-state index contributed by atoms with van der Waals surface area (Å²) in [5.41, 5.74) is 0.993. The van der Waals surface area contributed by atoms with Crippen LogP contribution in [0.15, 0.2) is 29.2 Å². The van der Waals surface area contributed by atoms with Crippen molar-refractivity contribution in [1.29, 1.82) is 0 Å². The van der Waals surface area contributed by atoms with Crippen LogP contribution in [0.1, 0.15) is 38.7 Å². The minimum Gasteiger partial charge on any atom is -0.379 e. The van der Waals surface area contributed by atoms with Crippen LogP contribution in [-0.4, -0.2) is 33.5 Å². The van der Waals surface area contributed by atoms with E-state index in [-0.39, 0.29) is 11.0 Å². The van der Waals surface area contributed by atoms with Gasteiger partial charge >= 0.3 is 0 Å². The number of aryl methyl sites for hydroxylation is 1. The highest BCUT2D eigenvalue weighted by atomic mass is 32.2. The molecule has 6 heteroatoms. The number of rotatable bonds is 6. The predicted octanol–water partition coefficient (Wildman–Crippen LogP) is 3.02. The minimum atomic E-state index is -3.86. The fourth-order valence-electron chi connectivity index (χ4n) is 2.30. The maximum absolute atomic E-state index is 12.4. The zero-order valence-corrected chi connectivity index (χ0v) is 14.2. The summed E-state index contributed by atoms with van der Waals surface area (Å²) < 4.78 is 41.5. The standard InChI is InChI=1S/C16H24O5S/c1-4-16(3,20-14-6-5-11-19-12-14)21-22(17,18)15-9-7-13(2)8-10-15/h7-10,14H,4-6,11-12H2,1-3H3. The number of hydrogen-bond donors (Lipinski definition) is 0. The minimum absolute atomic E-state index is 0.132. The van der Waals surface area contributed by atoms with E-state index >= 15 is 0 Å². The van der Waals surface area contributed by atoms with Gasteiger partial charge in [-0.1, -0.05) is 24.6 Å². The van der Waals surface area contributed by atoms with Crippen LogP contribution in [-0.2, 0) is 23.8 Å². The van der Waals surface area contributed by atoms with Crippen molar-refractivity contribution >= 4 is 10.1 Å². The first-order valence-corrected chi connectivity index (χ1v) is 9.03. The summed E-state index contributed by atoms with van der Waals surface area (Å²) in [6.45, 7) is 6.61. The van der Waals surface area contributed by atoms with E-state index in [1.54, 1.807) is 31.2 Å². The molecule has 2 rings (SSSR count). The molecule has 0 aliphatic carbocycles. The van der Waals surface area contributed by atoms with E-state index in [0.29, 0.717) is 13.0 Å². The molecule has 1 aliphatic heterocycles. The molecule has 1 fully saturated rings. The van der Waals surface area contributed by atoms with Crippen molar-refractivity contribution in [2.24, 2.45) is 0 Å². The molecular formula is C16H24O5S. The smallest absolute Gasteiger partial charge is 0.299 e. The summed E-state index contributed by atoms with van der Waals surface area (Å²) in [5, 5.41) is 0. The molecule has 0 amide bonds. The maximum atomic E-state index is 12.4. The van der Waals surface area contributed by atoms with Gasteiger partial charge < -0.3 is 9.47 Å². The van der Waals surface area contributed by atoms with E-state index in [9.17, 15) is 8.42 Å². The first kappa shape index (κ1) is 17.4. The summed E-state index contributed by atoms with van der Waals surface area (Å²) >= 11 is 0. The van der Waals surface area contributed by atoms with Crippen molar-refractivity contribution in [3.05, 3.63) is 29.8 Å². The van der Waals surface area contributed by atoms with Gasteiger partial charge in [-0.25, -0.2) is 4.18 Å². The van der Waals surface area contributed by atoms with Gasteiger partial charge in [-0.15, -0.1) is 0 Å². The third-order valence-corrected chi connectivity index (χ3v) is 5.19. The number of hydrogen-bond acceptors (Lipinski definition) is 5. The summed E-state index contributed by atoms with van der Waals surface area (Å²) in [4.78, 5) is 0.140. The van der Waals surface area contributed by atoms with Crippen LogP contribution >= 0.6 is 0 Å². The largest absolute Gasteiger partial charge is 0.379 e. The fourth-order valence-corrected chi connectivity index (χ4v) is 3.49. The van der Waals surface area contributed by atoms with Gasteiger partial charge in [0, 0.05) is 6.61 Å². The fraction of sp³-hybridized carbons (Fsp3) is 0.625. The molecule has 124 valence electrons. The Labute approximate surface area is 132 Å². The molecule has 0 N–H and O–H groups in total. The molecular weight excluding hydrogens is 304 g/mol. The highest BCUT2D eigenvalue weighted by Crippen LogP contribution is 2.28. The first-order chi connectivity index (χ1) is 10.3. The molecule has 0 spiro atoms. The Morgan fingerprint density at radius 1 is 1.32 bits per heavy atom. The van der Waals surface area contributed by atoms with Gasteiger partial charge in [0.1, 0.15) is 0 Å². The quantitative estimate of drug-likeness (QED) is 0.593. The van der Waals surface area contributed by atoms with Crippen LogP contribution in [0.4, 0.5) is 0 Å². The van der Waals surface area contributed by atoms with Crippen molar-refractivity contribution < 1.29 is 22.1 Å². The van der Waals surface area contributed by atoms with Crippen molar-refractivity contribution in [2.75, 3.05) is 13.2 Å². The molecule has 1 aliphatic rings. The van der Waals surface area contributed by atoms with Gasteiger partial charge in [-0.05, 0) is 45.2 Å². The van der Waals surface area contributed by atoms with Gasteiger partial charge in [0.25, 0.3) is 10.1 Å². The van der Waals surface area contributed by atoms with E-state index < -0.39 is 15.9 Å². The second kappa shape index (κ2) is 7.08. The van der Waals surface area contributed by atoms with Gasteiger partial charge in [0.05, 0.1) is 17.6 Å². The first-order valence-electron chi connectivity index (χ1n) is 7.62. The molecule has 1 saturated heterocycles. The Kier molecular flexibility index (Phi) is 5.60. The third kappa shape index (κ3) is 4.52. The van der Waals surface area contributed by atoms with Crippen LogP contribution in [0, 0.1) is 6.92 Å². The Bertz CT molecular complexity index is 575. The van der Waals surface area contributed by atoms with Crippen LogP contribution in [0.5, 0.6) is 0 Å². The average Bonchev–Trinajstić information content (AvgIpc) is 2.48. The van der Waals surface area contributed by atoms with Gasteiger partial charge in [0.15, 0.2) is 5.79 Å². The van der Waals surface area contributed by atoms with E-state index in [2.05, 4.69) is 0 Å². The monoisotopic (exact) mass is 328 g/mol. The van der Waals surface area contributed by atoms with Crippen molar-refractivity contribution in [3.8, 4) is 0 Å². The van der Waals surface area contributed by atoms with E-state index in [0.717, 1.165) is 25.0 Å². The van der Waals surface area contributed by atoms with Gasteiger partial charge in [0.2, 0.25) is 0 Å². The van der Waals surface area contributed by atoms with Gasteiger partial charge in [-0.3, -0.25) is 0 Å². The Morgan fingerprint density at radius 2 is 2.00 bits per heavy atom. The third-order valence-electron chi connectivity index (χ3n) is 3.77. The molecule has 5 nitrogen and oxygen atoms in total. The lowest BCUT2D eigenvalue weighted by Gasteiger charge is -2.34. The van der Waals surface area contributed by atoms with Crippen molar-refractivity contribution in [2.45, 2.75) is 56.8 Å². The summed E-state index contributed by atoms with van der Waals surface area (Å²) in [6, 6.07) is 6.58. The predicted molar refractivity (Wildman–Crippen MR) is 83.1 cm³/mol. The zero-order chi connectivity index (χ0) is 16.2. The molecule has 0 aromatic heterocycles. The zero-order valence-electron chi connectivity index (χ0n) is 13.4. The van der Waals surface area contributed by atoms with Crippen LogP contribution < -0.4 is 0 Å². The second-order valence-electron chi connectivity index (χ2n) is 5.79.